The molecular formula is C9H18N2O4S. The zero-order valence-corrected chi connectivity index (χ0v) is 10.4. The molecule has 0 saturated carbocycles. The standard InChI is InChI=1S/C9H18N2O4S/c1-7-6-16(13,14)4-3-11(7)9(12)8(10)5-15-2/h7-8H,3-6,10H2,1-2H3. The maximum atomic E-state index is 11.8. The molecule has 1 amide bonds. The molecule has 0 aromatic carbocycles. The van der Waals surface area contributed by atoms with E-state index < -0.39 is 15.9 Å². The van der Waals surface area contributed by atoms with Crippen molar-refractivity contribution in [1.29, 1.82) is 0 Å². The molecule has 1 aliphatic heterocycles. The first kappa shape index (κ1) is 13.4. The summed E-state index contributed by atoms with van der Waals surface area (Å²) in [4.78, 5) is 13.4. The highest BCUT2D eigenvalue weighted by molar-refractivity contribution is 7.91. The van der Waals surface area contributed by atoms with Crippen LogP contribution in [0, 0.1) is 0 Å². The number of carbonyl (C=O) groups is 1. The summed E-state index contributed by atoms with van der Waals surface area (Å²) in [5.74, 6) is -0.217. The van der Waals surface area contributed by atoms with Crippen molar-refractivity contribution in [2.75, 3.05) is 31.8 Å². The van der Waals surface area contributed by atoms with Crippen molar-refractivity contribution in [2.24, 2.45) is 5.73 Å². The SMILES string of the molecule is COCC(N)C(=O)N1CCS(=O)(=O)CC1C. The van der Waals surface area contributed by atoms with Gasteiger partial charge >= 0.3 is 0 Å². The Morgan fingerprint density at radius 2 is 2.25 bits per heavy atom. The molecule has 0 aliphatic carbocycles. The van der Waals surface area contributed by atoms with E-state index in [0.29, 0.717) is 0 Å². The summed E-state index contributed by atoms with van der Waals surface area (Å²) in [6.45, 7) is 2.09. The molecule has 0 bridgehead atoms. The zero-order valence-electron chi connectivity index (χ0n) is 9.55. The number of amides is 1. The second kappa shape index (κ2) is 5.11. The van der Waals surface area contributed by atoms with Gasteiger partial charge in [0, 0.05) is 19.7 Å². The van der Waals surface area contributed by atoms with Crippen LogP contribution in [-0.4, -0.2) is 63.1 Å². The number of hydrogen-bond acceptors (Lipinski definition) is 5. The molecule has 0 aromatic heterocycles. The molecule has 94 valence electrons. The Morgan fingerprint density at radius 1 is 1.62 bits per heavy atom. The summed E-state index contributed by atoms with van der Waals surface area (Å²) < 4.78 is 27.5. The monoisotopic (exact) mass is 250 g/mol. The first-order chi connectivity index (χ1) is 7.37. The molecule has 2 unspecified atom stereocenters. The van der Waals surface area contributed by atoms with Crippen molar-refractivity contribution >= 4 is 15.7 Å². The summed E-state index contributed by atoms with van der Waals surface area (Å²) in [7, 11) is -1.53. The smallest absolute Gasteiger partial charge is 0.242 e. The molecule has 0 spiro atoms. The Kier molecular flexibility index (Phi) is 4.28. The van der Waals surface area contributed by atoms with Gasteiger partial charge in [0.05, 0.1) is 18.1 Å². The van der Waals surface area contributed by atoms with Crippen molar-refractivity contribution < 1.29 is 17.9 Å². The molecule has 0 radical (unpaired) electrons. The van der Waals surface area contributed by atoms with Crippen LogP contribution in [-0.2, 0) is 19.4 Å². The number of methoxy groups -OCH3 is 1. The second-order valence-corrected chi connectivity index (χ2v) is 6.29. The van der Waals surface area contributed by atoms with Gasteiger partial charge in [0.2, 0.25) is 5.91 Å². The molecular weight excluding hydrogens is 232 g/mol. The van der Waals surface area contributed by atoms with E-state index in [1.165, 1.54) is 12.0 Å². The van der Waals surface area contributed by atoms with Gasteiger partial charge in [-0.1, -0.05) is 0 Å². The van der Waals surface area contributed by atoms with E-state index in [2.05, 4.69) is 0 Å². The Morgan fingerprint density at radius 3 is 2.75 bits per heavy atom. The van der Waals surface area contributed by atoms with Crippen LogP contribution in [0.25, 0.3) is 0 Å². The van der Waals surface area contributed by atoms with Gasteiger partial charge in [-0.15, -0.1) is 0 Å². The van der Waals surface area contributed by atoms with E-state index in [0.717, 1.165) is 0 Å². The Hall–Kier alpha value is -0.660. The minimum Gasteiger partial charge on any atom is -0.383 e. The second-order valence-electron chi connectivity index (χ2n) is 4.06. The zero-order chi connectivity index (χ0) is 12.3. The van der Waals surface area contributed by atoms with Crippen molar-refractivity contribution in [3.8, 4) is 0 Å². The maximum absolute atomic E-state index is 11.8. The fourth-order valence-corrected chi connectivity index (χ4v) is 3.35. The molecule has 1 heterocycles. The third-order valence-corrected chi connectivity index (χ3v) is 4.41. The van der Waals surface area contributed by atoms with Gasteiger partial charge in [0.25, 0.3) is 0 Å². The van der Waals surface area contributed by atoms with Gasteiger partial charge in [-0.05, 0) is 6.92 Å². The van der Waals surface area contributed by atoms with Gasteiger partial charge in [-0.2, -0.15) is 0 Å². The molecule has 6 nitrogen and oxygen atoms in total. The molecule has 7 heteroatoms. The lowest BCUT2D eigenvalue weighted by molar-refractivity contribution is -0.135. The highest BCUT2D eigenvalue weighted by Gasteiger charge is 2.33. The number of nitrogens with zero attached hydrogens (tertiary/aromatic N) is 1. The van der Waals surface area contributed by atoms with Crippen LogP contribution in [0.3, 0.4) is 0 Å². The summed E-state index contributed by atoms with van der Waals surface area (Å²) in [5, 5.41) is 0. The number of nitrogens with two attached hydrogens (primary N) is 1. The van der Waals surface area contributed by atoms with E-state index in [-0.39, 0.29) is 36.6 Å². The van der Waals surface area contributed by atoms with Crippen LogP contribution in [0.5, 0.6) is 0 Å². The topological polar surface area (TPSA) is 89.7 Å². The van der Waals surface area contributed by atoms with E-state index in [9.17, 15) is 13.2 Å². The number of rotatable bonds is 3. The van der Waals surface area contributed by atoms with Gasteiger partial charge in [-0.25, -0.2) is 8.42 Å². The third kappa shape index (κ3) is 3.16. The lowest BCUT2D eigenvalue weighted by Crippen LogP contribution is -2.55. The normalized spacial score (nSPS) is 26.4. The molecule has 0 aromatic rings. The average Bonchev–Trinajstić information content (AvgIpc) is 2.16. The predicted octanol–water partition coefficient (Wildman–Crippen LogP) is -1.39. The molecule has 1 rings (SSSR count). The largest absolute Gasteiger partial charge is 0.383 e. The van der Waals surface area contributed by atoms with Gasteiger partial charge < -0.3 is 15.4 Å². The Balaban J connectivity index is 2.65. The number of sulfone groups is 1. The third-order valence-electron chi connectivity index (χ3n) is 2.62. The molecule has 1 saturated heterocycles. The van der Waals surface area contributed by atoms with Crippen molar-refractivity contribution in [3.63, 3.8) is 0 Å². The lowest BCUT2D eigenvalue weighted by atomic mass is 10.2. The average molecular weight is 250 g/mol. The highest BCUT2D eigenvalue weighted by atomic mass is 32.2. The number of carbonyl (C=O) groups excluding carboxylic acids is 1. The summed E-state index contributed by atoms with van der Waals surface area (Å²) in [6.07, 6.45) is 0. The Bertz CT molecular complexity index is 355. The number of ether oxygens (including phenoxy) is 1. The van der Waals surface area contributed by atoms with Crippen LogP contribution in [0.2, 0.25) is 0 Å². The molecule has 2 N–H and O–H groups in total. The molecule has 16 heavy (non-hydrogen) atoms. The fraction of sp³-hybridized carbons (Fsp3) is 0.889. The molecule has 1 fully saturated rings. The van der Waals surface area contributed by atoms with Crippen LogP contribution < -0.4 is 5.73 Å². The quantitative estimate of drug-likeness (QED) is 0.666. The van der Waals surface area contributed by atoms with Crippen molar-refractivity contribution in [2.45, 2.75) is 19.0 Å². The number of hydrogen-bond donors (Lipinski definition) is 1. The first-order valence-electron chi connectivity index (χ1n) is 5.13. The van der Waals surface area contributed by atoms with E-state index in [1.807, 2.05) is 0 Å². The maximum Gasteiger partial charge on any atom is 0.242 e. The first-order valence-corrected chi connectivity index (χ1v) is 6.95. The van der Waals surface area contributed by atoms with Gasteiger partial charge in [0.15, 0.2) is 9.84 Å². The lowest BCUT2D eigenvalue weighted by Gasteiger charge is -2.34. The van der Waals surface area contributed by atoms with Crippen LogP contribution in [0.4, 0.5) is 0 Å². The van der Waals surface area contributed by atoms with Crippen molar-refractivity contribution in [3.05, 3.63) is 0 Å². The van der Waals surface area contributed by atoms with Crippen molar-refractivity contribution in [1.82, 2.24) is 4.90 Å². The van der Waals surface area contributed by atoms with Crippen LogP contribution >= 0.6 is 0 Å². The van der Waals surface area contributed by atoms with E-state index >= 15 is 0 Å². The fourth-order valence-electron chi connectivity index (χ4n) is 1.79. The molecule has 1 aliphatic rings. The van der Waals surface area contributed by atoms with Crippen LogP contribution in [0.1, 0.15) is 6.92 Å². The van der Waals surface area contributed by atoms with E-state index in [1.54, 1.807) is 6.92 Å². The Labute approximate surface area is 95.7 Å². The highest BCUT2D eigenvalue weighted by Crippen LogP contribution is 2.12. The summed E-state index contributed by atoms with van der Waals surface area (Å²) in [5.41, 5.74) is 5.62. The van der Waals surface area contributed by atoms with Crippen LogP contribution in [0.15, 0.2) is 0 Å². The summed E-state index contributed by atoms with van der Waals surface area (Å²) in [6, 6.07) is -1.03. The summed E-state index contributed by atoms with van der Waals surface area (Å²) >= 11 is 0. The van der Waals surface area contributed by atoms with Gasteiger partial charge in [-0.3, -0.25) is 4.79 Å². The van der Waals surface area contributed by atoms with E-state index in [4.69, 9.17) is 10.5 Å². The van der Waals surface area contributed by atoms with Gasteiger partial charge in [0.1, 0.15) is 6.04 Å². The minimum absolute atomic E-state index is 0.0123. The predicted molar refractivity (Wildman–Crippen MR) is 59.7 cm³/mol. The molecule has 2 atom stereocenters. The minimum atomic E-state index is -3.00.